The van der Waals surface area contributed by atoms with Crippen LogP contribution in [0, 0.1) is 5.82 Å². The maximum absolute atomic E-state index is 13.7. The van der Waals surface area contributed by atoms with Gasteiger partial charge in [0.25, 0.3) is 0 Å². The predicted octanol–water partition coefficient (Wildman–Crippen LogP) is 3.89. The zero-order valence-electron chi connectivity index (χ0n) is 10.9. The van der Waals surface area contributed by atoms with Crippen LogP contribution >= 0.6 is 11.6 Å². The third-order valence-electron chi connectivity index (χ3n) is 2.64. The Balaban J connectivity index is 2.34. The molecule has 0 fully saturated rings. The third-order valence-corrected chi connectivity index (χ3v) is 2.95. The number of hydrogen-bond acceptors (Lipinski definition) is 3. The molecule has 20 heavy (non-hydrogen) atoms. The first kappa shape index (κ1) is 14.5. The fourth-order valence-electron chi connectivity index (χ4n) is 1.70. The number of aromatic nitrogens is 1. The molecule has 0 amide bonds. The summed E-state index contributed by atoms with van der Waals surface area (Å²) in [7, 11) is 0. The minimum absolute atomic E-state index is 0.0786. The molecular formula is C15H13ClFNO2. The molecule has 0 bridgehead atoms. The van der Waals surface area contributed by atoms with Crippen molar-refractivity contribution in [2.24, 2.45) is 0 Å². The Morgan fingerprint density at radius 2 is 2.20 bits per heavy atom. The lowest BCUT2D eigenvalue weighted by Gasteiger charge is -2.07. The Bertz CT molecular complexity index is 611. The van der Waals surface area contributed by atoms with Gasteiger partial charge < -0.3 is 4.74 Å². The van der Waals surface area contributed by atoms with Crippen LogP contribution in [-0.4, -0.2) is 17.4 Å². The highest BCUT2D eigenvalue weighted by Gasteiger charge is 2.18. The number of carbonyl (C=O) groups excluding carboxylic acids is 1. The number of pyridine rings is 1. The average Bonchev–Trinajstić information content (AvgIpc) is 2.45. The maximum Gasteiger partial charge on any atom is 0.199 e. The van der Waals surface area contributed by atoms with Crippen molar-refractivity contribution >= 4 is 17.4 Å². The summed E-state index contributed by atoms with van der Waals surface area (Å²) < 4.78 is 19.1. The number of nitrogens with zero attached hydrogens (tertiary/aromatic N) is 1. The molecule has 1 aromatic carbocycles. The Morgan fingerprint density at radius 3 is 2.90 bits per heavy atom. The summed E-state index contributed by atoms with van der Waals surface area (Å²) >= 11 is 5.89. The molecule has 5 heteroatoms. The molecule has 0 aliphatic heterocycles. The first-order valence-electron chi connectivity index (χ1n) is 6.20. The maximum atomic E-state index is 13.7. The van der Waals surface area contributed by atoms with E-state index < -0.39 is 11.6 Å². The molecule has 0 N–H and O–H groups in total. The van der Waals surface area contributed by atoms with Crippen molar-refractivity contribution in [1.82, 2.24) is 4.98 Å². The van der Waals surface area contributed by atoms with Gasteiger partial charge in [-0.15, -0.1) is 0 Å². The number of ketones is 1. The summed E-state index contributed by atoms with van der Waals surface area (Å²) in [4.78, 5) is 16.2. The molecular weight excluding hydrogens is 281 g/mol. The van der Waals surface area contributed by atoms with E-state index in [9.17, 15) is 9.18 Å². The van der Waals surface area contributed by atoms with Gasteiger partial charge in [-0.25, -0.2) is 4.39 Å². The van der Waals surface area contributed by atoms with E-state index in [1.165, 1.54) is 36.7 Å². The van der Waals surface area contributed by atoms with Crippen LogP contribution in [-0.2, 0) is 0 Å². The Morgan fingerprint density at radius 1 is 1.40 bits per heavy atom. The second kappa shape index (κ2) is 6.48. The van der Waals surface area contributed by atoms with Gasteiger partial charge >= 0.3 is 0 Å². The molecule has 0 aliphatic rings. The van der Waals surface area contributed by atoms with Gasteiger partial charge in [0.2, 0.25) is 0 Å². The van der Waals surface area contributed by atoms with Gasteiger partial charge in [0.15, 0.2) is 5.78 Å². The van der Waals surface area contributed by atoms with Crippen LogP contribution in [0.25, 0.3) is 0 Å². The van der Waals surface area contributed by atoms with Crippen LogP contribution < -0.4 is 4.74 Å². The lowest BCUT2D eigenvalue weighted by Crippen LogP contribution is -2.06. The molecule has 0 spiro atoms. The standard InChI is InChI=1S/C15H13ClFNO2/c1-2-6-20-11-7-10(8-18-9-11)15(19)14-12(16)4-3-5-13(14)17/h3-5,7-9H,2,6H2,1H3. The fraction of sp³-hybridized carbons (Fsp3) is 0.200. The normalized spacial score (nSPS) is 10.3. The summed E-state index contributed by atoms with van der Waals surface area (Å²) in [5.74, 6) is -0.685. The van der Waals surface area contributed by atoms with Gasteiger partial charge in [-0.05, 0) is 24.6 Å². The average molecular weight is 294 g/mol. The lowest BCUT2D eigenvalue weighted by molar-refractivity contribution is 0.103. The molecule has 1 heterocycles. The number of hydrogen-bond donors (Lipinski definition) is 0. The lowest BCUT2D eigenvalue weighted by atomic mass is 10.0. The first-order valence-corrected chi connectivity index (χ1v) is 6.58. The Labute approximate surface area is 121 Å². The SMILES string of the molecule is CCCOc1cncc(C(=O)c2c(F)cccc2Cl)c1. The summed E-state index contributed by atoms with van der Waals surface area (Å²) in [5, 5.41) is 0.0786. The van der Waals surface area contributed by atoms with Gasteiger partial charge in [-0.2, -0.15) is 0 Å². The van der Waals surface area contributed by atoms with E-state index in [4.69, 9.17) is 16.3 Å². The minimum Gasteiger partial charge on any atom is -0.492 e. The smallest absolute Gasteiger partial charge is 0.199 e. The largest absolute Gasteiger partial charge is 0.492 e. The van der Waals surface area contributed by atoms with Gasteiger partial charge in [0, 0.05) is 11.8 Å². The van der Waals surface area contributed by atoms with Crippen molar-refractivity contribution in [2.45, 2.75) is 13.3 Å². The molecule has 0 unspecified atom stereocenters. The van der Waals surface area contributed by atoms with Gasteiger partial charge in [0.05, 0.1) is 23.4 Å². The third kappa shape index (κ3) is 3.14. The van der Waals surface area contributed by atoms with E-state index in [1.54, 1.807) is 0 Å². The molecule has 0 aliphatic carbocycles. The topological polar surface area (TPSA) is 39.2 Å². The Hall–Kier alpha value is -1.94. The molecule has 0 saturated heterocycles. The predicted molar refractivity (Wildman–Crippen MR) is 74.9 cm³/mol. The highest BCUT2D eigenvalue weighted by Crippen LogP contribution is 2.23. The zero-order valence-corrected chi connectivity index (χ0v) is 11.7. The van der Waals surface area contributed by atoms with E-state index in [0.717, 1.165) is 6.42 Å². The van der Waals surface area contributed by atoms with Gasteiger partial charge in [-0.3, -0.25) is 9.78 Å². The molecule has 104 valence electrons. The number of rotatable bonds is 5. The van der Waals surface area contributed by atoms with Crippen molar-refractivity contribution < 1.29 is 13.9 Å². The van der Waals surface area contributed by atoms with Gasteiger partial charge in [-0.1, -0.05) is 24.6 Å². The molecule has 2 aromatic rings. The summed E-state index contributed by atoms with van der Waals surface area (Å²) in [6, 6.07) is 5.66. The van der Waals surface area contributed by atoms with E-state index in [1.807, 2.05) is 6.92 Å². The monoisotopic (exact) mass is 293 g/mol. The number of carbonyl (C=O) groups is 1. The van der Waals surface area contributed by atoms with Crippen molar-refractivity contribution in [3.8, 4) is 5.75 Å². The number of halogens is 2. The summed E-state index contributed by atoms with van der Waals surface area (Å²) in [6.45, 7) is 2.50. The number of ether oxygens (including phenoxy) is 1. The van der Waals surface area contributed by atoms with E-state index in [2.05, 4.69) is 4.98 Å². The van der Waals surface area contributed by atoms with Crippen LogP contribution in [0.3, 0.4) is 0 Å². The molecule has 0 atom stereocenters. The summed E-state index contributed by atoms with van der Waals surface area (Å²) in [5.41, 5.74) is 0.0919. The second-order valence-electron chi connectivity index (χ2n) is 4.18. The second-order valence-corrected chi connectivity index (χ2v) is 4.59. The van der Waals surface area contributed by atoms with Crippen molar-refractivity contribution in [3.63, 3.8) is 0 Å². The van der Waals surface area contributed by atoms with Crippen LogP contribution in [0.1, 0.15) is 29.3 Å². The van der Waals surface area contributed by atoms with Crippen molar-refractivity contribution in [2.75, 3.05) is 6.61 Å². The van der Waals surface area contributed by atoms with Crippen molar-refractivity contribution in [3.05, 3.63) is 58.6 Å². The quantitative estimate of drug-likeness (QED) is 0.785. The highest BCUT2D eigenvalue weighted by atomic mass is 35.5. The highest BCUT2D eigenvalue weighted by molar-refractivity contribution is 6.35. The molecule has 2 rings (SSSR count). The van der Waals surface area contributed by atoms with Crippen LogP contribution in [0.4, 0.5) is 4.39 Å². The molecule has 3 nitrogen and oxygen atoms in total. The van der Waals surface area contributed by atoms with E-state index in [-0.39, 0.29) is 16.1 Å². The van der Waals surface area contributed by atoms with Crippen LogP contribution in [0.2, 0.25) is 5.02 Å². The van der Waals surface area contributed by atoms with E-state index in [0.29, 0.717) is 12.4 Å². The molecule has 0 radical (unpaired) electrons. The molecule has 1 aromatic heterocycles. The van der Waals surface area contributed by atoms with Crippen molar-refractivity contribution in [1.29, 1.82) is 0 Å². The first-order chi connectivity index (χ1) is 9.63. The summed E-state index contributed by atoms with van der Waals surface area (Å²) in [6.07, 6.45) is 3.72. The fourth-order valence-corrected chi connectivity index (χ4v) is 1.95. The van der Waals surface area contributed by atoms with Gasteiger partial charge in [0.1, 0.15) is 11.6 Å². The zero-order chi connectivity index (χ0) is 14.5. The number of benzene rings is 1. The molecule has 0 saturated carbocycles. The Kier molecular flexibility index (Phi) is 4.69. The van der Waals surface area contributed by atoms with Crippen LogP contribution in [0.5, 0.6) is 5.75 Å². The van der Waals surface area contributed by atoms with E-state index >= 15 is 0 Å². The minimum atomic E-state index is -0.651. The van der Waals surface area contributed by atoms with Crippen LogP contribution in [0.15, 0.2) is 36.7 Å².